The number of nitrogens with zero attached hydrogens (tertiary/aromatic N) is 1. The van der Waals surface area contributed by atoms with E-state index in [4.69, 9.17) is 35.3 Å². The highest BCUT2D eigenvalue weighted by Crippen LogP contribution is 2.23. The second-order valence-corrected chi connectivity index (χ2v) is 4.34. The standard InChI is InChI=1S/C11H14ClN5OS/c1-2-15-11(19)16-8-5-6(3-4-7(8)12)9(18)17-10(13)14/h3-5H,2H2,1H3,(H2,15,16,19)(H4,13,14,17,18). The number of aliphatic imine (C=N–C) groups is 1. The lowest BCUT2D eigenvalue weighted by Crippen LogP contribution is -2.28. The van der Waals surface area contributed by atoms with E-state index < -0.39 is 5.91 Å². The van der Waals surface area contributed by atoms with Crippen molar-refractivity contribution >= 4 is 46.5 Å². The molecule has 0 aliphatic heterocycles. The van der Waals surface area contributed by atoms with Crippen LogP contribution in [0.4, 0.5) is 5.69 Å². The topological polar surface area (TPSA) is 106 Å². The third-order valence-electron chi connectivity index (χ3n) is 2.03. The summed E-state index contributed by atoms with van der Waals surface area (Å²) in [6, 6.07) is 4.62. The zero-order valence-electron chi connectivity index (χ0n) is 10.2. The molecule has 1 aromatic rings. The Labute approximate surface area is 121 Å². The van der Waals surface area contributed by atoms with Crippen LogP contribution in [0.1, 0.15) is 17.3 Å². The van der Waals surface area contributed by atoms with E-state index in [1.165, 1.54) is 12.1 Å². The molecule has 0 spiro atoms. The average molecular weight is 300 g/mol. The molecular formula is C11H14ClN5OS. The molecule has 0 aliphatic rings. The van der Waals surface area contributed by atoms with Gasteiger partial charge in [-0.3, -0.25) is 4.79 Å². The van der Waals surface area contributed by atoms with Gasteiger partial charge in [0.2, 0.25) is 0 Å². The molecule has 0 unspecified atom stereocenters. The van der Waals surface area contributed by atoms with E-state index in [9.17, 15) is 4.79 Å². The summed E-state index contributed by atoms with van der Waals surface area (Å²) in [5.41, 5.74) is 11.1. The van der Waals surface area contributed by atoms with Gasteiger partial charge in [-0.15, -0.1) is 0 Å². The lowest BCUT2D eigenvalue weighted by molar-refractivity contribution is 0.100. The minimum absolute atomic E-state index is 0.294. The van der Waals surface area contributed by atoms with Crippen molar-refractivity contribution in [2.75, 3.05) is 11.9 Å². The first-order valence-electron chi connectivity index (χ1n) is 5.42. The van der Waals surface area contributed by atoms with Crippen LogP contribution >= 0.6 is 23.8 Å². The number of guanidine groups is 1. The highest BCUT2D eigenvalue weighted by molar-refractivity contribution is 7.80. The summed E-state index contributed by atoms with van der Waals surface area (Å²) >= 11 is 11.0. The molecule has 1 aromatic carbocycles. The van der Waals surface area contributed by atoms with Crippen LogP contribution in [0, 0.1) is 0 Å². The van der Waals surface area contributed by atoms with Crippen LogP contribution in [-0.4, -0.2) is 23.5 Å². The van der Waals surface area contributed by atoms with Crippen molar-refractivity contribution in [3.63, 3.8) is 0 Å². The minimum atomic E-state index is -0.547. The van der Waals surface area contributed by atoms with Crippen molar-refractivity contribution < 1.29 is 4.79 Å². The molecule has 0 saturated carbocycles. The Kier molecular flexibility index (Phi) is 5.53. The number of hydrogen-bond acceptors (Lipinski definition) is 2. The number of benzene rings is 1. The number of carbonyl (C=O) groups excluding carboxylic acids is 1. The lowest BCUT2D eigenvalue weighted by atomic mass is 10.2. The molecule has 0 aliphatic carbocycles. The summed E-state index contributed by atoms with van der Waals surface area (Å²) in [5, 5.41) is 6.64. The van der Waals surface area contributed by atoms with E-state index in [1.807, 2.05) is 6.92 Å². The quantitative estimate of drug-likeness (QED) is 0.378. The van der Waals surface area contributed by atoms with Crippen molar-refractivity contribution in [1.82, 2.24) is 5.32 Å². The number of carbonyl (C=O) groups is 1. The molecule has 0 radical (unpaired) electrons. The molecule has 6 N–H and O–H groups in total. The van der Waals surface area contributed by atoms with Crippen LogP contribution in [0.15, 0.2) is 23.2 Å². The Morgan fingerprint density at radius 1 is 1.47 bits per heavy atom. The fraction of sp³-hybridized carbons (Fsp3) is 0.182. The number of halogens is 1. The van der Waals surface area contributed by atoms with Gasteiger partial charge in [0.15, 0.2) is 11.1 Å². The molecule has 8 heteroatoms. The molecular weight excluding hydrogens is 286 g/mol. The van der Waals surface area contributed by atoms with Crippen LogP contribution in [0.3, 0.4) is 0 Å². The zero-order valence-corrected chi connectivity index (χ0v) is 11.8. The van der Waals surface area contributed by atoms with E-state index in [0.717, 1.165) is 0 Å². The van der Waals surface area contributed by atoms with Gasteiger partial charge in [-0.25, -0.2) is 0 Å². The van der Waals surface area contributed by atoms with Crippen LogP contribution in [0.2, 0.25) is 5.02 Å². The molecule has 0 fully saturated rings. The molecule has 0 saturated heterocycles. The lowest BCUT2D eigenvalue weighted by Gasteiger charge is -2.11. The fourth-order valence-corrected chi connectivity index (χ4v) is 1.68. The SMILES string of the molecule is CCNC(=S)Nc1cc(C(=O)N=C(N)N)ccc1Cl. The highest BCUT2D eigenvalue weighted by Gasteiger charge is 2.09. The summed E-state index contributed by atoms with van der Waals surface area (Å²) in [6.45, 7) is 2.59. The predicted molar refractivity (Wildman–Crippen MR) is 81.5 cm³/mol. The number of amides is 1. The van der Waals surface area contributed by atoms with Crippen LogP contribution < -0.4 is 22.1 Å². The molecule has 1 rings (SSSR count). The Morgan fingerprint density at radius 3 is 2.74 bits per heavy atom. The van der Waals surface area contributed by atoms with Crippen LogP contribution in [0.25, 0.3) is 0 Å². The number of anilines is 1. The largest absolute Gasteiger partial charge is 0.370 e. The average Bonchev–Trinajstić information content (AvgIpc) is 2.31. The van der Waals surface area contributed by atoms with Gasteiger partial charge < -0.3 is 22.1 Å². The molecule has 19 heavy (non-hydrogen) atoms. The van der Waals surface area contributed by atoms with Crippen molar-refractivity contribution in [2.24, 2.45) is 16.5 Å². The maximum absolute atomic E-state index is 11.7. The van der Waals surface area contributed by atoms with E-state index in [1.54, 1.807) is 6.07 Å². The maximum Gasteiger partial charge on any atom is 0.280 e. The highest BCUT2D eigenvalue weighted by atomic mass is 35.5. The summed E-state index contributed by atoms with van der Waals surface area (Å²) in [7, 11) is 0. The van der Waals surface area contributed by atoms with Gasteiger partial charge in [-0.2, -0.15) is 4.99 Å². The number of hydrogen-bond donors (Lipinski definition) is 4. The molecule has 0 heterocycles. The monoisotopic (exact) mass is 299 g/mol. The molecule has 0 bridgehead atoms. The van der Waals surface area contributed by atoms with Gasteiger partial charge in [0, 0.05) is 12.1 Å². The van der Waals surface area contributed by atoms with Gasteiger partial charge in [0.25, 0.3) is 5.91 Å². The second-order valence-electron chi connectivity index (χ2n) is 3.52. The number of nitrogens with one attached hydrogen (secondary N) is 2. The Balaban J connectivity index is 2.97. The van der Waals surface area contributed by atoms with Gasteiger partial charge in [0.1, 0.15) is 0 Å². The van der Waals surface area contributed by atoms with Crippen LogP contribution in [-0.2, 0) is 0 Å². The summed E-state index contributed by atoms with van der Waals surface area (Å²) in [6.07, 6.45) is 0. The normalized spacial score (nSPS) is 9.58. The Bertz CT molecular complexity index is 528. The molecule has 102 valence electrons. The van der Waals surface area contributed by atoms with E-state index in [2.05, 4.69) is 15.6 Å². The van der Waals surface area contributed by atoms with E-state index in [-0.39, 0.29) is 5.96 Å². The number of thiocarbonyl (C=S) groups is 1. The van der Waals surface area contributed by atoms with Gasteiger partial charge in [-0.05, 0) is 37.3 Å². The Hall–Kier alpha value is -1.86. The third kappa shape index (κ3) is 4.72. The van der Waals surface area contributed by atoms with Crippen molar-refractivity contribution in [3.8, 4) is 0 Å². The van der Waals surface area contributed by atoms with Gasteiger partial charge >= 0.3 is 0 Å². The molecule has 6 nitrogen and oxygen atoms in total. The first-order valence-corrected chi connectivity index (χ1v) is 6.21. The predicted octanol–water partition coefficient (Wildman–Crippen LogP) is 1.06. The van der Waals surface area contributed by atoms with Gasteiger partial charge in [0.05, 0.1) is 10.7 Å². The summed E-state index contributed by atoms with van der Waals surface area (Å²) < 4.78 is 0. The van der Waals surface area contributed by atoms with E-state index >= 15 is 0 Å². The van der Waals surface area contributed by atoms with Crippen LogP contribution in [0.5, 0.6) is 0 Å². The fourth-order valence-electron chi connectivity index (χ4n) is 1.26. The molecule has 0 atom stereocenters. The summed E-state index contributed by atoms with van der Waals surface area (Å²) in [4.78, 5) is 15.1. The number of rotatable bonds is 3. The van der Waals surface area contributed by atoms with Crippen molar-refractivity contribution in [1.29, 1.82) is 0 Å². The maximum atomic E-state index is 11.7. The number of nitrogens with two attached hydrogens (primary N) is 2. The second kappa shape index (κ2) is 6.91. The zero-order chi connectivity index (χ0) is 14.4. The van der Waals surface area contributed by atoms with Crippen molar-refractivity contribution in [2.45, 2.75) is 6.92 Å². The first kappa shape index (κ1) is 15.2. The van der Waals surface area contributed by atoms with E-state index in [0.29, 0.717) is 27.9 Å². The summed E-state index contributed by atoms with van der Waals surface area (Å²) in [5.74, 6) is -0.841. The van der Waals surface area contributed by atoms with Crippen molar-refractivity contribution in [3.05, 3.63) is 28.8 Å². The first-order chi connectivity index (χ1) is 8.93. The minimum Gasteiger partial charge on any atom is -0.370 e. The molecule has 0 aromatic heterocycles. The molecule has 1 amide bonds. The third-order valence-corrected chi connectivity index (χ3v) is 2.61. The Morgan fingerprint density at radius 2 is 2.16 bits per heavy atom. The van der Waals surface area contributed by atoms with Gasteiger partial charge in [-0.1, -0.05) is 11.6 Å². The smallest absolute Gasteiger partial charge is 0.280 e.